The largest absolute Gasteiger partial charge is 0.478 e. The second-order valence-electron chi connectivity index (χ2n) is 5.38. The molecule has 0 fully saturated rings. The lowest BCUT2D eigenvalue weighted by Crippen LogP contribution is -2.03. The molecule has 0 unspecified atom stereocenters. The number of benzene rings is 2. The first-order chi connectivity index (χ1) is 11.5. The predicted molar refractivity (Wildman–Crippen MR) is 93.8 cm³/mol. The number of aryl methyl sites for hydroxylation is 1. The standard InChI is InChI=1S/C10H6S.C9H8O4/c1-2-10(11-5-1)9-6-7-3-4-8(7)9;1-5-2-3-6(8(10)11)4-7(5)9(12)13/h1-6H;2-4H,1H3,(H,10,11)(H,12,13). The highest BCUT2D eigenvalue weighted by atomic mass is 32.1. The van der Waals surface area contributed by atoms with Crippen LogP contribution in [0.25, 0.3) is 21.6 Å². The summed E-state index contributed by atoms with van der Waals surface area (Å²) in [6.45, 7) is 1.62. The smallest absolute Gasteiger partial charge is 0.335 e. The molecule has 5 heteroatoms. The maximum absolute atomic E-state index is 10.6. The fourth-order valence-corrected chi connectivity index (χ4v) is 3.17. The van der Waals surface area contributed by atoms with Crippen LogP contribution in [-0.4, -0.2) is 22.2 Å². The van der Waals surface area contributed by atoms with E-state index in [9.17, 15) is 9.59 Å². The minimum atomic E-state index is -1.12. The highest BCUT2D eigenvalue weighted by Crippen LogP contribution is 2.44. The number of carbonyl (C=O) groups is 2. The van der Waals surface area contributed by atoms with Crippen LogP contribution in [-0.2, 0) is 0 Å². The first-order valence-corrected chi connectivity index (χ1v) is 8.11. The molecule has 0 saturated carbocycles. The van der Waals surface area contributed by atoms with Crippen molar-refractivity contribution in [3.63, 3.8) is 0 Å². The molecule has 1 aromatic heterocycles. The van der Waals surface area contributed by atoms with Crippen molar-refractivity contribution in [2.45, 2.75) is 6.92 Å². The van der Waals surface area contributed by atoms with E-state index in [1.165, 1.54) is 33.7 Å². The van der Waals surface area contributed by atoms with Crippen LogP contribution in [0.2, 0.25) is 0 Å². The Balaban J connectivity index is 0.000000142. The molecule has 1 heterocycles. The quantitative estimate of drug-likeness (QED) is 0.563. The highest BCUT2D eigenvalue weighted by molar-refractivity contribution is 7.13. The summed E-state index contributed by atoms with van der Waals surface area (Å²) in [4.78, 5) is 22.5. The molecule has 0 spiro atoms. The van der Waals surface area contributed by atoms with Crippen LogP contribution in [0.5, 0.6) is 0 Å². The second kappa shape index (κ2) is 6.29. The van der Waals surface area contributed by atoms with Gasteiger partial charge in [-0.1, -0.05) is 24.3 Å². The van der Waals surface area contributed by atoms with E-state index < -0.39 is 11.9 Å². The number of carboxylic acids is 2. The SMILES string of the molecule is Cc1ccc(C(=O)O)cc1C(=O)O.c1csc(-c2cc3ccc2-3)c1. The molecule has 0 bridgehead atoms. The van der Waals surface area contributed by atoms with Gasteiger partial charge in [-0.15, -0.1) is 11.3 Å². The Hall–Kier alpha value is -2.92. The van der Waals surface area contributed by atoms with Crippen molar-refractivity contribution in [1.82, 2.24) is 0 Å². The van der Waals surface area contributed by atoms with Crippen molar-refractivity contribution in [2.24, 2.45) is 0 Å². The van der Waals surface area contributed by atoms with Gasteiger partial charge in [-0.05, 0) is 53.3 Å². The Bertz CT molecular complexity index is 927. The predicted octanol–water partition coefficient (Wildman–Crippen LogP) is 4.79. The zero-order valence-electron chi connectivity index (χ0n) is 12.8. The minimum absolute atomic E-state index is 0.0111. The Morgan fingerprint density at radius 3 is 2.17 bits per heavy atom. The molecule has 1 aromatic carbocycles. The lowest BCUT2D eigenvalue weighted by molar-refractivity contribution is 0.0695. The number of rotatable bonds is 3. The molecule has 24 heavy (non-hydrogen) atoms. The number of hydrogen-bond acceptors (Lipinski definition) is 3. The molecular formula is C19H14O4S. The summed E-state index contributed by atoms with van der Waals surface area (Å²) in [5.74, 6) is -2.23. The third kappa shape index (κ3) is 2.94. The van der Waals surface area contributed by atoms with Gasteiger partial charge in [-0.3, -0.25) is 0 Å². The summed E-state index contributed by atoms with van der Waals surface area (Å²) in [5, 5.41) is 19.4. The van der Waals surface area contributed by atoms with Gasteiger partial charge in [0.15, 0.2) is 0 Å². The highest BCUT2D eigenvalue weighted by Gasteiger charge is 2.17. The number of aromatic carboxylic acids is 2. The van der Waals surface area contributed by atoms with Crippen molar-refractivity contribution in [3.8, 4) is 21.6 Å². The van der Waals surface area contributed by atoms with Gasteiger partial charge in [0.2, 0.25) is 0 Å². The Labute approximate surface area is 142 Å². The van der Waals surface area contributed by atoms with Crippen molar-refractivity contribution < 1.29 is 19.8 Å². The molecule has 0 saturated heterocycles. The maximum atomic E-state index is 10.6. The minimum Gasteiger partial charge on any atom is -0.478 e. The van der Waals surface area contributed by atoms with Crippen LogP contribution < -0.4 is 0 Å². The van der Waals surface area contributed by atoms with E-state index in [-0.39, 0.29) is 11.1 Å². The van der Waals surface area contributed by atoms with Crippen molar-refractivity contribution in [2.75, 3.05) is 0 Å². The summed E-state index contributed by atoms with van der Waals surface area (Å²) in [6.07, 6.45) is 0. The molecule has 0 atom stereocenters. The van der Waals surface area contributed by atoms with Crippen molar-refractivity contribution >= 4 is 23.3 Å². The van der Waals surface area contributed by atoms with Gasteiger partial charge in [-0.2, -0.15) is 0 Å². The second-order valence-corrected chi connectivity index (χ2v) is 6.33. The molecule has 0 aliphatic heterocycles. The Kier molecular flexibility index (Phi) is 4.18. The van der Waals surface area contributed by atoms with Gasteiger partial charge in [0.05, 0.1) is 11.1 Å². The lowest BCUT2D eigenvalue weighted by Gasteiger charge is -2.19. The fraction of sp³-hybridized carbons (Fsp3) is 0.0526. The first kappa shape index (κ1) is 16.0. The van der Waals surface area contributed by atoms with E-state index >= 15 is 0 Å². The van der Waals surface area contributed by atoms with Gasteiger partial charge in [0, 0.05) is 10.4 Å². The monoisotopic (exact) mass is 338 g/mol. The molecule has 2 aromatic rings. The van der Waals surface area contributed by atoms with Crippen molar-refractivity contribution in [1.29, 1.82) is 0 Å². The van der Waals surface area contributed by atoms with E-state index in [0.29, 0.717) is 5.56 Å². The van der Waals surface area contributed by atoms with Gasteiger partial charge < -0.3 is 10.2 Å². The van der Waals surface area contributed by atoms with Gasteiger partial charge >= 0.3 is 11.9 Å². The first-order valence-electron chi connectivity index (χ1n) is 7.23. The normalized spacial score (nSPS) is 10.5. The van der Waals surface area contributed by atoms with Crippen LogP contribution >= 0.6 is 11.3 Å². The van der Waals surface area contributed by atoms with Crippen LogP contribution in [0, 0.1) is 6.92 Å². The average molecular weight is 338 g/mol. The summed E-state index contributed by atoms with van der Waals surface area (Å²) >= 11 is 1.81. The van der Waals surface area contributed by atoms with Crippen LogP contribution in [0.4, 0.5) is 0 Å². The molecule has 2 N–H and O–H groups in total. The van der Waals surface area contributed by atoms with Crippen LogP contribution in [0.3, 0.4) is 0 Å². The Morgan fingerprint density at radius 2 is 1.71 bits per heavy atom. The molecule has 2 aliphatic carbocycles. The van der Waals surface area contributed by atoms with Gasteiger partial charge in [0.25, 0.3) is 0 Å². The third-order valence-electron chi connectivity index (χ3n) is 3.83. The van der Waals surface area contributed by atoms with Crippen molar-refractivity contribution in [3.05, 3.63) is 70.6 Å². The molecular weight excluding hydrogens is 324 g/mol. The molecule has 0 radical (unpaired) electrons. The van der Waals surface area contributed by atoms with E-state index in [0.717, 1.165) is 6.07 Å². The molecule has 120 valence electrons. The van der Waals surface area contributed by atoms with E-state index in [1.54, 1.807) is 6.92 Å². The zero-order valence-corrected chi connectivity index (χ0v) is 13.6. The Morgan fingerprint density at radius 1 is 0.917 bits per heavy atom. The van der Waals surface area contributed by atoms with E-state index in [1.807, 2.05) is 11.3 Å². The summed E-state index contributed by atoms with van der Waals surface area (Å²) in [5.41, 5.74) is 4.87. The summed E-state index contributed by atoms with van der Waals surface area (Å²) in [7, 11) is 0. The molecule has 4 nitrogen and oxygen atoms in total. The van der Waals surface area contributed by atoms with Crippen LogP contribution in [0.1, 0.15) is 26.3 Å². The lowest BCUT2D eigenvalue weighted by atomic mass is 9.86. The number of thiophene rings is 1. The maximum Gasteiger partial charge on any atom is 0.335 e. The van der Waals surface area contributed by atoms with Gasteiger partial charge in [-0.25, -0.2) is 9.59 Å². The molecule has 0 amide bonds. The topological polar surface area (TPSA) is 74.6 Å². The number of fused-ring (bicyclic) bond motifs is 1. The van der Waals surface area contributed by atoms with Gasteiger partial charge in [0.1, 0.15) is 0 Å². The zero-order chi connectivity index (χ0) is 17.3. The molecule has 2 aliphatic rings. The third-order valence-corrected chi connectivity index (χ3v) is 4.74. The number of hydrogen-bond donors (Lipinski definition) is 2. The average Bonchev–Trinajstić information content (AvgIpc) is 3.04. The fourth-order valence-electron chi connectivity index (χ4n) is 2.41. The number of carboxylic acid groups (broad SMARTS) is 2. The van der Waals surface area contributed by atoms with Crippen LogP contribution in [0.15, 0.2) is 53.9 Å². The summed E-state index contributed by atoms with van der Waals surface area (Å²) < 4.78 is 0. The molecule has 4 rings (SSSR count). The summed E-state index contributed by atoms with van der Waals surface area (Å²) in [6, 6.07) is 14.9. The van der Waals surface area contributed by atoms with E-state index in [2.05, 4.69) is 35.7 Å². The van der Waals surface area contributed by atoms with E-state index in [4.69, 9.17) is 10.2 Å².